The van der Waals surface area contributed by atoms with Gasteiger partial charge < -0.3 is 4.98 Å². The van der Waals surface area contributed by atoms with E-state index in [0.29, 0.717) is 11.5 Å². The van der Waals surface area contributed by atoms with Crippen LogP contribution in [0.5, 0.6) is 0 Å². The molecule has 3 rings (SSSR count). The van der Waals surface area contributed by atoms with Crippen molar-refractivity contribution < 1.29 is 8.42 Å². The molecule has 0 bridgehead atoms. The first-order chi connectivity index (χ1) is 9.54. The van der Waals surface area contributed by atoms with Crippen molar-refractivity contribution in [1.29, 1.82) is 0 Å². The van der Waals surface area contributed by atoms with Gasteiger partial charge in [0, 0.05) is 17.3 Å². The van der Waals surface area contributed by atoms with Crippen molar-refractivity contribution in [3.05, 3.63) is 48.5 Å². The molecule has 3 aromatic rings. The predicted octanol–water partition coefficient (Wildman–Crippen LogP) is 2.07. The molecule has 0 saturated heterocycles. The van der Waals surface area contributed by atoms with Crippen LogP contribution in [-0.4, -0.2) is 23.4 Å². The minimum Gasteiger partial charge on any atom is -0.332 e. The molecule has 0 aliphatic heterocycles. The second-order valence-corrected chi connectivity index (χ2v) is 6.00. The Kier molecular flexibility index (Phi) is 2.90. The van der Waals surface area contributed by atoms with Gasteiger partial charge in [-0.1, -0.05) is 6.07 Å². The first-order valence-corrected chi connectivity index (χ1v) is 7.42. The number of H-pyrrole nitrogens is 1. The van der Waals surface area contributed by atoms with Crippen LogP contribution in [0.1, 0.15) is 5.82 Å². The Morgan fingerprint density at radius 3 is 2.80 bits per heavy atom. The van der Waals surface area contributed by atoms with Crippen LogP contribution in [0.4, 0.5) is 5.69 Å². The molecule has 0 aliphatic rings. The summed E-state index contributed by atoms with van der Waals surface area (Å²) in [5.41, 5.74) is 1.30. The van der Waals surface area contributed by atoms with E-state index in [4.69, 9.17) is 0 Å². The average Bonchev–Trinajstić information content (AvgIpc) is 2.86. The van der Waals surface area contributed by atoms with Crippen molar-refractivity contribution in [2.24, 2.45) is 0 Å². The van der Waals surface area contributed by atoms with Crippen molar-refractivity contribution in [1.82, 2.24) is 15.0 Å². The van der Waals surface area contributed by atoms with Crippen LogP contribution in [0, 0.1) is 6.92 Å². The third kappa shape index (κ3) is 2.35. The number of aromatic amines is 1. The summed E-state index contributed by atoms with van der Waals surface area (Å²) in [5, 5.41) is 0.912. The number of anilines is 1. The summed E-state index contributed by atoms with van der Waals surface area (Å²) in [6.07, 6.45) is 2.99. The van der Waals surface area contributed by atoms with E-state index in [1.807, 2.05) is 6.07 Å². The van der Waals surface area contributed by atoms with Gasteiger partial charge in [0.15, 0.2) is 5.03 Å². The molecule has 0 atom stereocenters. The van der Waals surface area contributed by atoms with E-state index in [1.165, 1.54) is 6.20 Å². The monoisotopic (exact) mass is 288 g/mol. The topological polar surface area (TPSA) is 87.7 Å². The number of benzene rings is 1. The van der Waals surface area contributed by atoms with Crippen LogP contribution in [0.2, 0.25) is 0 Å². The standard InChI is InChI=1S/C13H12N4O2S/c1-9-15-8-13(16-9)20(18,19)17-11-4-5-12-10(7-11)3-2-6-14-12/h2-8,17H,1H3,(H,15,16). The SMILES string of the molecule is Cc1ncc(S(=O)(=O)Nc2ccc3ncccc3c2)[nH]1. The molecule has 2 heterocycles. The summed E-state index contributed by atoms with van der Waals surface area (Å²) in [4.78, 5) is 10.8. The number of imidazole rings is 1. The van der Waals surface area contributed by atoms with E-state index >= 15 is 0 Å². The fraction of sp³-hybridized carbons (Fsp3) is 0.0769. The van der Waals surface area contributed by atoms with Crippen molar-refractivity contribution in [3.8, 4) is 0 Å². The third-order valence-electron chi connectivity index (χ3n) is 2.82. The Bertz CT molecular complexity index is 871. The molecule has 6 nitrogen and oxygen atoms in total. The van der Waals surface area contributed by atoms with Crippen LogP contribution >= 0.6 is 0 Å². The highest BCUT2D eigenvalue weighted by molar-refractivity contribution is 7.92. The van der Waals surface area contributed by atoms with Gasteiger partial charge in [0.25, 0.3) is 10.0 Å². The van der Waals surface area contributed by atoms with E-state index in [2.05, 4.69) is 19.7 Å². The summed E-state index contributed by atoms with van der Waals surface area (Å²) in [7, 11) is -3.65. The van der Waals surface area contributed by atoms with Gasteiger partial charge in [0.1, 0.15) is 5.82 Å². The molecular formula is C13H12N4O2S. The van der Waals surface area contributed by atoms with Gasteiger partial charge in [-0.15, -0.1) is 0 Å². The largest absolute Gasteiger partial charge is 0.332 e. The van der Waals surface area contributed by atoms with Crippen LogP contribution < -0.4 is 4.72 Å². The van der Waals surface area contributed by atoms with Gasteiger partial charge in [-0.05, 0) is 31.2 Å². The molecule has 0 unspecified atom stereocenters. The number of nitrogens with zero attached hydrogens (tertiary/aromatic N) is 2. The Morgan fingerprint density at radius 1 is 1.20 bits per heavy atom. The molecule has 0 aliphatic carbocycles. The number of hydrogen-bond acceptors (Lipinski definition) is 4. The maximum atomic E-state index is 12.2. The number of sulfonamides is 1. The number of aromatic nitrogens is 3. The van der Waals surface area contributed by atoms with E-state index in [-0.39, 0.29) is 5.03 Å². The van der Waals surface area contributed by atoms with Crippen LogP contribution in [0.15, 0.2) is 47.8 Å². The predicted molar refractivity (Wildman–Crippen MR) is 75.9 cm³/mol. The molecule has 0 radical (unpaired) electrons. The normalized spacial score (nSPS) is 11.7. The molecule has 0 spiro atoms. The molecule has 2 N–H and O–H groups in total. The third-order valence-corrected chi connectivity index (χ3v) is 4.12. The zero-order chi connectivity index (χ0) is 14.2. The van der Waals surface area contributed by atoms with Gasteiger partial charge in [-0.25, -0.2) is 4.98 Å². The summed E-state index contributed by atoms with van der Waals surface area (Å²) in [6, 6.07) is 8.87. The lowest BCUT2D eigenvalue weighted by atomic mass is 10.2. The van der Waals surface area contributed by atoms with Gasteiger partial charge in [-0.2, -0.15) is 8.42 Å². The molecular weight excluding hydrogens is 276 g/mol. The maximum Gasteiger partial charge on any atom is 0.278 e. The van der Waals surface area contributed by atoms with Gasteiger partial charge in [0.2, 0.25) is 0 Å². The highest BCUT2D eigenvalue weighted by atomic mass is 32.2. The van der Waals surface area contributed by atoms with E-state index in [9.17, 15) is 8.42 Å². The first kappa shape index (κ1) is 12.6. The minimum absolute atomic E-state index is 0.0429. The zero-order valence-corrected chi connectivity index (χ0v) is 11.5. The number of aryl methyl sites for hydroxylation is 1. The Hall–Kier alpha value is -2.41. The molecule has 20 heavy (non-hydrogen) atoms. The number of nitrogens with one attached hydrogen (secondary N) is 2. The molecule has 1 aromatic carbocycles. The van der Waals surface area contributed by atoms with Crippen molar-refractivity contribution >= 4 is 26.6 Å². The Labute approximate surface area is 115 Å². The summed E-state index contributed by atoms with van der Waals surface area (Å²) in [5.74, 6) is 0.549. The molecule has 2 aromatic heterocycles. The molecule has 0 fully saturated rings. The number of hydrogen-bond donors (Lipinski definition) is 2. The first-order valence-electron chi connectivity index (χ1n) is 5.94. The van der Waals surface area contributed by atoms with E-state index < -0.39 is 10.0 Å². The highest BCUT2D eigenvalue weighted by Crippen LogP contribution is 2.19. The fourth-order valence-electron chi connectivity index (χ4n) is 1.88. The van der Waals surface area contributed by atoms with Gasteiger partial charge >= 0.3 is 0 Å². The quantitative estimate of drug-likeness (QED) is 0.772. The Morgan fingerprint density at radius 2 is 2.05 bits per heavy atom. The second-order valence-electron chi connectivity index (χ2n) is 4.35. The van der Waals surface area contributed by atoms with Gasteiger partial charge in [0.05, 0.1) is 11.7 Å². The van der Waals surface area contributed by atoms with Crippen LogP contribution in [0.3, 0.4) is 0 Å². The van der Waals surface area contributed by atoms with Gasteiger partial charge in [-0.3, -0.25) is 9.71 Å². The number of fused-ring (bicyclic) bond motifs is 1. The van der Waals surface area contributed by atoms with Crippen LogP contribution in [-0.2, 0) is 10.0 Å². The smallest absolute Gasteiger partial charge is 0.278 e. The Balaban J connectivity index is 1.96. The minimum atomic E-state index is -3.65. The lowest BCUT2D eigenvalue weighted by molar-refractivity contribution is 0.598. The lowest BCUT2D eigenvalue weighted by Gasteiger charge is -2.07. The van der Waals surface area contributed by atoms with E-state index in [0.717, 1.165) is 10.9 Å². The maximum absolute atomic E-state index is 12.2. The lowest BCUT2D eigenvalue weighted by Crippen LogP contribution is -2.13. The molecule has 0 amide bonds. The van der Waals surface area contributed by atoms with Crippen LogP contribution in [0.25, 0.3) is 10.9 Å². The van der Waals surface area contributed by atoms with Crippen molar-refractivity contribution in [3.63, 3.8) is 0 Å². The molecule has 7 heteroatoms. The average molecular weight is 288 g/mol. The number of rotatable bonds is 3. The van der Waals surface area contributed by atoms with Crippen molar-refractivity contribution in [2.45, 2.75) is 11.9 Å². The summed E-state index contributed by atoms with van der Waals surface area (Å²) >= 11 is 0. The number of pyridine rings is 1. The highest BCUT2D eigenvalue weighted by Gasteiger charge is 2.16. The summed E-state index contributed by atoms with van der Waals surface area (Å²) < 4.78 is 26.8. The van der Waals surface area contributed by atoms with E-state index in [1.54, 1.807) is 37.4 Å². The molecule has 0 saturated carbocycles. The molecule has 102 valence electrons. The summed E-state index contributed by atoms with van der Waals surface area (Å²) in [6.45, 7) is 1.70. The van der Waals surface area contributed by atoms with Crippen molar-refractivity contribution in [2.75, 3.05) is 4.72 Å². The zero-order valence-electron chi connectivity index (χ0n) is 10.7. The second kappa shape index (κ2) is 4.61. The fourth-order valence-corrected chi connectivity index (χ4v) is 2.90.